The van der Waals surface area contributed by atoms with E-state index >= 15 is 0 Å². The van der Waals surface area contributed by atoms with Crippen molar-refractivity contribution in [3.05, 3.63) is 65.7 Å². The largest absolute Gasteiger partial charge is 0.497 e. The maximum absolute atomic E-state index is 12.9. The quantitative estimate of drug-likeness (QED) is 0.480. The van der Waals surface area contributed by atoms with E-state index in [1.54, 1.807) is 18.2 Å². The maximum atomic E-state index is 12.9. The van der Waals surface area contributed by atoms with E-state index < -0.39 is 0 Å². The normalized spacial score (nSPS) is 18.4. The van der Waals surface area contributed by atoms with E-state index in [-0.39, 0.29) is 11.2 Å². The summed E-state index contributed by atoms with van der Waals surface area (Å²) in [4.78, 5) is 14.7. The number of thioether (sulfide) groups is 1. The zero-order valence-electron chi connectivity index (χ0n) is 16.2. The molecule has 2 aromatic carbocycles. The summed E-state index contributed by atoms with van der Waals surface area (Å²) in [6, 6.07) is 17.6. The molecule has 6 heteroatoms. The van der Waals surface area contributed by atoms with Crippen LogP contribution in [0.3, 0.4) is 0 Å². The number of carbonyl (C=O) groups excluding carboxylic acids is 1. The number of carbonyl (C=O) groups is 1. The van der Waals surface area contributed by atoms with Gasteiger partial charge in [-0.15, -0.1) is 5.10 Å². The highest BCUT2D eigenvalue weighted by Crippen LogP contribution is 2.32. The Morgan fingerprint density at radius 3 is 2.57 bits per heavy atom. The standard InChI is InChI=1S/C22H25N3O2S/c1-3-4-10-20-21(26)25(16-18-11-13-19(27-2)14-12-18)22(28-20)24-23-15-17-8-6-5-7-9-17/h5-9,11-15,20H,3-4,10,16H2,1-2H3/b23-15-,24-22+/t20-/m0/s1. The summed E-state index contributed by atoms with van der Waals surface area (Å²) >= 11 is 1.52. The smallest absolute Gasteiger partial charge is 0.242 e. The second kappa shape index (κ2) is 10.1. The van der Waals surface area contributed by atoms with Gasteiger partial charge in [0.15, 0.2) is 5.17 Å². The van der Waals surface area contributed by atoms with Crippen molar-refractivity contribution in [3.63, 3.8) is 0 Å². The minimum atomic E-state index is -0.0797. The van der Waals surface area contributed by atoms with Crippen LogP contribution in [0.15, 0.2) is 64.8 Å². The Bertz CT molecular complexity index is 835. The molecule has 0 N–H and O–H groups in total. The molecular weight excluding hydrogens is 370 g/mol. The number of nitrogens with zero attached hydrogens (tertiary/aromatic N) is 3. The van der Waals surface area contributed by atoms with E-state index in [0.29, 0.717) is 11.7 Å². The van der Waals surface area contributed by atoms with Crippen LogP contribution >= 0.6 is 11.8 Å². The Morgan fingerprint density at radius 1 is 1.14 bits per heavy atom. The lowest BCUT2D eigenvalue weighted by molar-refractivity contribution is -0.126. The predicted molar refractivity (Wildman–Crippen MR) is 116 cm³/mol. The molecule has 1 aliphatic rings. The van der Waals surface area contributed by atoms with Gasteiger partial charge >= 0.3 is 0 Å². The highest BCUT2D eigenvalue weighted by molar-refractivity contribution is 8.15. The van der Waals surface area contributed by atoms with Gasteiger partial charge in [0.1, 0.15) is 5.75 Å². The topological polar surface area (TPSA) is 54.3 Å². The maximum Gasteiger partial charge on any atom is 0.242 e. The molecule has 1 heterocycles. The molecule has 1 atom stereocenters. The van der Waals surface area contributed by atoms with Crippen LogP contribution in [0.4, 0.5) is 0 Å². The molecule has 0 bridgehead atoms. The summed E-state index contributed by atoms with van der Waals surface area (Å²) < 4.78 is 5.21. The summed E-state index contributed by atoms with van der Waals surface area (Å²) in [6.07, 6.45) is 4.67. The predicted octanol–water partition coefficient (Wildman–Crippen LogP) is 4.72. The van der Waals surface area contributed by atoms with Gasteiger partial charge in [0.2, 0.25) is 5.91 Å². The molecule has 0 unspecified atom stereocenters. The fraction of sp³-hybridized carbons (Fsp3) is 0.318. The number of unbranched alkanes of at least 4 members (excludes halogenated alkanes) is 1. The van der Waals surface area contributed by atoms with Crippen molar-refractivity contribution in [2.45, 2.75) is 38.0 Å². The summed E-state index contributed by atoms with van der Waals surface area (Å²) in [5, 5.41) is 9.17. The van der Waals surface area contributed by atoms with Crippen LogP contribution in [0, 0.1) is 0 Å². The second-order valence-corrected chi connectivity index (χ2v) is 7.73. The number of amides is 1. The van der Waals surface area contributed by atoms with Gasteiger partial charge in [-0.05, 0) is 29.7 Å². The molecule has 3 rings (SSSR count). The van der Waals surface area contributed by atoms with Crippen molar-refractivity contribution in [1.29, 1.82) is 0 Å². The molecule has 2 aromatic rings. The fourth-order valence-corrected chi connectivity index (χ4v) is 4.05. The number of amidine groups is 1. The first kappa shape index (κ1) is 20.1. The lowest BCUT2D eigenvalue weighted by atomic mass is 10.1. The van der Waals surface area contributed by atoms with E-state index in [2.05, 4.69) is 17.1 Å². The Morgan fingerprint density at radius 2 is 1.89 bits per heavy atom. The molecule has 146 valence electrons. The van der Waals surface area contributed by atoms with Crippen LogP contribution in [-0.4, -0.2) is 34.5 Å². The van der Waals surface area contributed by atoms with E-state index in [4.69, 9.17) is 4.74 Å². The monoisotopic (exact) mass is 395 g/mol. The average molecular weight is 396 g/mol. The molecule has 0 saturated carbocycles. The molecule has 1 fully saturated rings. The minimum absolute atomic E-state index is 0.0797. The van der Waals surface area contributed by atoms with Crippen LogP contribution in [-0.2, 0) is 11.3 Å². The van der Waals surface area contributed by atoms with Gasteiger partial charge in [-0.2, -0.15) is 5.10 Å². The van der Waals surface area contributed by atoms with Crippen molar-refractivity contribution >= 4 is 29.1 Å². The number of benzene rings is 2. The van der Waals surface area contributed by atoms with E-state index in [0.717, 1.165) is 36.1 Å². The van der Waals surface area contributed by atoms with Crippen molar-refractivity contribution in [3.8, 4) is 5.75 Å². The zero-order chi connectivity index (χ0) is 19.8. The molecule has 5 nitrogen and oxygen atoms in total. The van der Waals surface area contributed by atoms with Gasteiger partial charge in [-0.3, -0.25) is 9.69 Å². The Hall–Kier alpha value is -2.60. The Labute approximate surface area is 170 Å². The number of methoxy groups -OCH3 is 1. The van der Waals surface area contributed by atoms with Gasteiger partial charge in [-0.1, -0.05) is 74.0 Å². The number of hydrogen-bond donors (Lipinski definition) is 0. The van der Waals surface area contributed by atoms with Gasteiger partial charge in [0.25, 0.3) is 0 Å². The third kappa shape index (κ3) is 5.23. The number of ether oxygens (including phenoxy) is 1. The summed E-state index contributed by atoms with van der Waals surface area (Å²) in [5.74, 6) is 0.913. The number of rotatable bonds is 8. The first-order chi connectivity index (χ1) is 13.7. The second-order valence-electron chi connectivity index (χ2n) is 6.56. The van der Waals surface area contributed by atoms with Gasteiger partial charge in [0.05, 0.1) is 25.1 Å². The molecule has 28 heavy (non-hydrogen) atoms. The van der Waals surface area contributed by atoms with Crippen molar-refractivity contribution in [2.24, 2.45) is 10.2 Å². The number of hydrogen-bond acceptors (Lipinski definition) is 5. The van der Waals surface area contributed by atoms with E-state index in [9.17, 15) is 4.79 Å². The van der Waals surface area contributed by atoms with Crippen LogP contribution in [0.25, 0.3) is 0 Å². The molecule has 1 saturated heterocycles. The van der Waals surface area contributed by atoms with Gasteiger partial charge in [0, 0.05) is 0 Å². The lowest BCUT2D eigenvalue weighted by Gasteiger charge is -2.16. The highest BCUT2D eigenvalue weighted by atomic mass is 32.2. The van der Waals surface area contributed by atoms with E-state index in [1.165, 1.54) is 11.8 Å². The van der Waals surface area contributed by atoms with Crippen LogP contribution < -0.4 is 4.74 Å². The lowest BCUT2D eigenvalue weighted by Crippen LogP contribution is -2.31. The third-order valence-corrected chi connectivity index (χ3v) is 5.72. The minimum Gasteiger partial charge on any atom is -0.497 e. The zero-order valence-corrected chi connectivity index (χ0v) is 17.1. The molecular formula is C22H25N3O2S. The molecule has 1 aliphatic heterocycles. The molecule has 1 amide bonds. The summed E-state index contributed by atoms with van der Waals surface area (Å²) in [6.45, 7) is 2.62. The fourth-order valence-electron chi connectivity index (χ4n) is 2.90. The van der Waals surface area contributed by atoms with E-state index in [1.807, 2.05) is 54.6 Å². The molecule has 0 aromatic heterocycles. The van der Waals surface area contributed by atoms with Crippen LogP contribution in [0.2, 0.25) is 0 Å². The Kier molecular flexibility index (Phi) is 7.25. The van der Waals surface area contributed by atoms with Crippen molar-refractivity contribution in [1.82, 2.24) is 4.90 Å². The third-order valence-electron chi connectivity index (χ3n) is 4.49. The summed E-state index contributed by atoms with van der Waals surface area (Å²) in [5.41, 5.74) is 2.01. The van der Waals surface area contributed by atoms with Gasteiger partial charge in [-0.25, -0.2) is 0 Å². The molecule has 0 radical (unpaired) electrons. The summed E-state index contributed by atoms with van der Waals surface area (Å²) in [7, 11) is 1.64. The van der Waals surface area contributed by atoms with Crippen molar-refractivity contribution in [2.75, 3.05) is 7.11 Å². The Balaban J connectivity index is 1.78. The van der Waals surface area contributed by atoms with Crippen LogP contribution in [0.1, 0.15) is 37.3 Å². The first-order valence-electron chi connectivity index (χ1n) is 9.48. The SMILES string of the molecule is CCCC[C@@H]1S/C(=N/N=C\c2ccccc2)N(Cc2ccc(OC)cc2)C1=O. The molecule has 0 spiro atoms. The first-order valence-corrected chi connectivity index (χ1v) is 10.4. The van der Waals surface area contributed by atoms with Crippen LogP contribution in [0.5, 0.6) is 5.75 Å². The molecule has 0 aliphatic carbocycles. The highest BCUT2D eigenvalue weighted by Gasteiger charge is 2.37. The average Bonchev–Trinajstić information content (AvgIpc) is 3.02. The van der Waals surface area contributed by atoms with Crippen molar-refractivity contribution < 1.29 is 9.53 Å². The van der Waals surface area contributed by atoms with Gasteiger partial charge < -0.3 is 4.74 Å².